The van der Waals surface area contributed by atoms with Gasteiger partial charge >= 0.3 is 0 Å². The molecule has 164 valence electrons. The van der Waals surface area contributed by atoms with Gasteiger partial charge in [0.2, 0.25) is 0 Å². The number of rotatable bonds is 8. The van der Waals surface area contributed by atoms with Gasteiger partial charge in [-0.3, -0.25) is 4.79 Å². The molecule has 0 aliphatic rings. The molecule has 0 atom stereocenters. The van der Waals surface area contributed by atoms with E-state index in [-0.39, 0.29) is 5.91 Å². The number of carbonyl (C=O) groups is 1. The Morgan fingerprint density at radius 2 is 1.91 bits per heavy atom. The molecule has 2 heterocycles. The summed E-state index contributed by atoms with van der Waals surface area (Å²) >= 11 is 6.06. The van der Waals surface area contributed by atoms with E-state index in [1.165, 1.54) is 0 Å². The molecule has 0 aliphatic heterocycles. The zero-order valence-electron chi connectivity index (χ0n) is 18.0. The molecule has 2 aromatic heterocycles. The van der Waals surface area contributed by atoms with Crippen LogP contribution >= 0.6 is 11.6 Å². The van der Waals surface area contributed by atoms with Crippen LogP contribution in [0.5, 0.6) is 0 Å². The fourth-order valence-corrected chi connectivity index (χ4v) is 3.50. The third kappa shape index (κ3) is 5.25. The summed E-state index contributed by atoms with van der Waals surface area (Å²) in [6.07, 6.45) is 1.79. The molecule has 0 aliphatic carbocycles. The number of benzene rings is 2. The summed E-state index contributed by atoms with van der Waals surface area (Å²) in [5, 5.41) is 11.6. The third-order valence-electron chi connectivity index (χ3n) is 5.01. The summed E-state index contributed by atoms with van der Waals surface area (Å²) in [6.45, 7) is 2.02. The van der Waals surface area contributed by atoms with Gasteiger partial charge in [-0.25, -0.2) is 9.50 Å². The van der Waals surface area contributed by atoms with E-state index >= 15 is 0 Å². The van der Waals surface area contributed by atoms with Crippen LogP contribution in [0.2, 0.25) is 5.02 Å². The molecule has 8 heteroatoms. The highest BCUT2D eigenvalue weighted by Gasteiger charge is 2.10. The van der Waals surface area contributed by atoms with Gasteiger partial charge in [0.25, 0.3) is 5.91 Å². The van der Waals surface area contributed by atoms with Crippen LogP contribution in [-0.2, 0) is 6.54 Å². The Kier molecular flexibility index (Phi) is 6.68. The topological polar surface area (TPSA) is 74.6 Å². The van der Waals surface area contributed by atoms with Crippen LogP contribution < -0.4 is 10.6 Å². The second-order valence-corrected chi connectivity index (χ2v) is 8.19. The maximum atomic E-state index is 12.3. The van der Waals surface area contributed by atoms with Gasteiger partial charge in [-0.1, -0.05) is 35.9 Å². The third-order valence-corrected chi connectivity index (χ3v) is 5.25. The molecule has 0 unspecified atom stereocenters. The Balaban J connectivity index is 1.49. The van der Waals surface area contributed by atoms with Crippen LogP contribution in [0.4, 0.5) is 5.82 Å². The average Bonchev–Trinajstić information content (AvgIpc) is 3.21. The second kappa shape index (κ2) is 9.80. The molecule has 0 radical (unpaired) electrons. The molecule has 7 nitrogen and oxygen atoms in total. The zero-order chi connectivity index (χ0) is 22.5. The second-order valence-electron chi connectivity index (χ2n) is 7.75. The number of halogens is 1. The van der Waals surface area contributed by atoms with Crippen molar-refractivity contribution in [1.29, 1.82) is 0 Å². The number of anilines is 1. The minimum atomic E-state index is -0.0813. The van der Waals surface area contributed by atoms with Crippen molar-refractivity contribution in [2.45, 2.75) is 6.54 Å². The smallest absolute Gasteiger partial charge is 0.251 e. The Morgan fingerprint density at radius 1 is 1.09 bits per heavy atom. The monoisotopic (exact) mass is 448 g/mol. The minimum absolute atomic E-state index is 0.0813. The summed E-state index contributed by atoms with van der Waals surface area (Å²) < 4.78 is 1.80. The Morgan fingerprint density at radius 3 is 2.66 bits per heavy atom. The van der Waals surface area contributed by atoms with E-state index in [1.807, 2.05) is 79.7 Å². The molecule has 0 spiro atoms. The maximum absolute atomic E-state index is 12.3. The summed E-state index contributed by atoms with van der Waals surface area (Å²) in [6, 6.07) is 19.0. The van der Waals surface area contributed by atoms with Gasteiger partial charge in [0.15, 0.2) is 5.65 Å². The van der Waals surface area contributed by atoms with Crippen molar-refractivity contribution in [2.24, 2.45) is 0 Å². The molecule has 0 saturated carbocycles. The first kappa shape index (κ1) is 21.8. The normalized spacial score (nSPS) is 11.1. The summed E-state index contributed by atoms with van der Waals surface area (Å²) in [5.41, 5.74) is 4.23. The highest BCUT2D eigenvalue weighted by atomic mass is 35.5. The number of nitrogens with one attached hydrogen (secondary N) is 2. The predicted molar refractivity (Wildman–Crippen MR) is 128 cm³/mol. The lowest BCUT2D eigenvalue weighted by molar-refractivity contribution is 0.0951. The Bertz CT molecular complexity index is 1220. The van der Waals surface area contributed by atoms with Crippen LogP contribution in [0.15, 0.2) is 66.9 Å². The Labute approximate surface area is 192 Å². The zero-order valence-corrected chi connectivity index (χ0v) is 18.8. The molecule has 2 aromatic carbocycles. The van der Waals surface area contributed by atoms with Gasteiger partial charge < -0.3 is 15.5 Å². The van der Waals surface area contributed by atoms with Crippen molar-refractivity contribution in [1.82, 2.24) is 24.8 Å². The van der Waals surface area contributed by atoms with Crippen molar-refractivity contribution in [2.75, 3.05) is 32.5 Å². The first-order valence-corrected chi connectivity index (χ1v) is 10.7. The maximum Gasteiger partial charge on any atom is 0.251 e. The number of aromatic nitrogens is 3. The van der Waals surface area contributed by atoms with Crippen molar-refractivity contribution in [3.8, 4) is 11.3 Å². The van der Waals surface area contributed by atoms with Gasteiger partial charge in [0.1, 0.15) is 5.82 Å². The van der Waals surface area contributed by atoms with Crippen molar-refractivity contribution in [3.63, 3.8) is 0 Å². The standard InChI is InChI=1S/C24H25ClN6O/c1-30(2)13-12-26-24(32)19-8-6-18(7-9-19)21-16-28-23-11-10-22(29-31(21)23)27-15-17-4-3-5-20(25)14-17/h3-11,14,16H,12-13,15H2,1-2H3,(H,26,32)(H,27,29). The van der Waals surface area contributed by atoms with Gasteiger partial charge in [0, 0.05) is 35.8 Å². The minimum Gasteiger partial charge on any atom is -0.365 e. The number of nitrogens with zero attached hydrogens (tertiary/aromatic N) is 4. The first-order valence-electron chi connectivity index (χ1n) is 10.4. The van der Waals surface area contributed by atoms with E-state index in [9.17, 15) is 4.79 Å². The van der Waals surface area contributed by atoms with E-state index < -0.39 is 0 Å². The van der Waals surface area contributed by atoms with E-state index in [4.69, 9.17) is 11.6 Å². The van der Waals surface area contributed by atoms with Crippen molar-refractivity contribution in [3.05, 3.63) is 83.0 Å². The van der Waals surface area contributed by atoms with E-state index in [0.717, 1.165) is 34.8 Å². The molecule has 4 aromatic rings. The lowest BCUT2D eigenvalue weighted by Crippen LogP contribution is -2.31. The predicted octanol–water partition coefficient (Wildman–Crippen LogP) is 3.95. The van der Waals surface area contributed by atoms with Crippen LogP contribution in [0, 0.1) is 0 Å². The molecule has 0 fully saturated rings. The van der Waals surface area contributed by atoms with Gasteiger partial charge in [0.05, 0.1) is 11.9 Å². The van der Waals surface area contributed by atoms with Crippen LogP contribution in [0.3, 0.4) is 0 Å². The first-order chi connectivity index (χ1) is 15.5. The fraction of sp³-hybridized carbons (Fsp3) is 0.208. The molecular weight excluding hydrogens is 424 g/mol. The number of hydrogen-bond acceptors (Lipinski definition) is 5. The van der Waals surface area contributed by atoms with E-state index in [0.29, 0.717) is 23.7 Å². The summed E-state index contributed by atoms with van der Waals surface area (Å²) in [5.74, 6) is 0.649. The molecule has 4 rings (SSSR count). The number of imidazole rings is 1. The molecular formula is C24H25ClN6O. The van der Waals surface area contributed by atoms with Crippen LogP contribution in [0.1, 0.15) is 15.9 Å². The molecule has 0 bridgehead atoms. The summed E-state index contributed by atoms with van der Waals surface area (Å²) in [4.78, 5) is 18.8. The van der Waals surface area contributed by atoms with Crippen molar-refractivity contribution < 1.29 is 4.79 Å². The summed E-state index contributed by atoms with van der Waals surface area (Å²) in [7, 11) is 3.95. The number of fused-ring (bicyclic) bond motifs is 1. The van der Waals surface area contributed by atoms with Gasteiger partial charge in [-0.05, 0) is 56.1 Å². The van der Waals surface area contributed by atoms with Crippen LogP contribution in [0.25, 0.3) is 16.9 Å². The fourth-order valence-electron chi connectivity index (χ4n) is 3.29. The van der Waals surface area contributed by atoms with E-state index in [1.54, 1.807) is 10.7 Å². The highest BCUT2D eigenvalue weighted by Crippen LogP contribution is 2.22. The average molecular weight is 449 g/mol. The quantitative estimate of drug-likeness (QED) is 0.427. The number of hydrogen-bond donors (Lipinski definition) is 2. The van der Waals surface area contributed by atoms with E-state index in [2.05, 4.69) is 20.7 Å². The van der Waals surface area contributed by atoms with Crippen LogP contribution in [-0.4, -0.2) is 52.6 Å². The molecule has 32 heavy (non-hydrogen) atoms. The molecule has 2 N–H and O–H groups in total. The lowest BCUT2D eigenvalue weighted by Gasteiger charge is -2.10. The lowest BCUT2D eigenvalue weighted by atomic mass is 10.1. The SMILES string of the molecule is CN(C)CCNC(=O)c1ccc(-c2cnc3ccc(NCc4cccc(Cl)c4)nn23)cc1. The Hall–Kier alpha value is -3.42. The largest absolute Gasteiger partial charge is 0.365 e. The van der Waals surface area contributed by atoms with Gasteiger partial charge in [-0.2, -0.15) is 0 Å². The number of amides is 1. The number of carbonyl (C=O) groups excluding carboxylic acids is 1. The highest BCUT2D eigenvalue weighted by molar-refractivity contribution is 6.30. The molecule has 0 saturated heterocycles. The molecule has 1 amide bonds. The van der Waals surface area contributed by atoms with Crippen molar-refractivity contribution >= 4 is 29.0 Å². The number of likely N-dealkylation sites (N-methyl/N-ethyl adjacent to an activating group) is 1. The van der Waals surface area contributed by atoms with Gasteiger partial charge in [-0.15, -0.1) is 5.10 Å².